The van der Waals surface area contributed by atoms with Crippen LogP contribution in [0.4, 0.5) is 0 Å². The molecule has 0 radical (unpaired) electrons. The Labute approximate surface area is 157 Å². The average Bonchev–Trinajstić information content (AvgIpc) is 3.41. The smallest absolute Gasteiger partial charge is 0.316 e. The van der Waals surface area contributed by atoms with Gasteiger partial charge in [0.1, 0.15) is 5.25 Å². The Hall–Kier alpha value is -2.27. The Kier molecular flexibility index (Phi) is 4.27. The lowest BCUT2D eigenvalue weighted by molar-refractivity contribution is -0.136. The number of carbonyl (C=O) groups excluding carboxylic acids is 1. The van der Waals surface area contributed by atoms with Gasteiger partial charge in [0.15, 0.2) is 0 Å². The highest BCUT2D eigenvalue weighted by molar-refractivity contribution is 8.00. The summed E-state index contributed by atoms with van der Waals surface area (Å²) in [5.74, 6) is -0.882. The third-order valence-electron chi connectivity index (χ3n) is 5.35. The molecule has 1 fully saturated rings. The normalized spacial score (nSPS) is 18.3. The van der Waals surface area contributed by atoms with Crippen LogP contribution in [0.25, 0.3) is 0 Å². The van der Waals surface area contributed by atoms with E-state index in [0.29, 0.717) is 12.1 Å². The Morgan fingerprint density at radius 2 is 1.81 bits per heavy atom. The molecule has 1 saturated carbocycles. The van der Waals surface area contributed by atoms with Gasteiger partial charge >= 0.3 is 5.97 Å². The summed E-state index contributed by atoms with van der Waals surface area (Å²) >= 11 is 1.22. The van der Waals surface area contributed by atoms with E-state index in [9.17, 15) is 14.7 Å². The summed E-state index contributed by atoms with van der Waals surface area (Å²) in [4.78, 5) is 27.1. The van der Waals surface area contributed by atoms with Crippen molar-refractivity contribution >= 4 is 23.6 Å². The molecular weight excluding hydrogens is 346 g/mol. The minimum atomic E-state index is -0.874. The zero-order valence-corrected chi connectivity index (χ0v) is 15.5. The van der Waals surface area contributed by atoms with Crippen molar-refractivity contribution in [3.05, 3.63) is 65.2 Å². The Balaban J connectivity index is 1.63. The van der Waals surface area contributed by atoms with Crippen LogP contribution >= 0.6 is 11.8 Å². The lowest BCUT2D eigenvalue weighted by atomic mass is 9.87. The van der Waals surface area contributed by atoms with Gasteiger partial charge in [0.25, 0.3) is 5.91 Å². The number of amides is 1. The molecular formula is C21H21NO3S. The summed E-state index contributed by atoms with van der Waals surface area (Å²) in [6.07, 6.45) is 2.25. The van der Waals surface area contributed by atoms with Gasteiger partial charge in [0, 0.05) is 23.4 Å². The van der Waals surface area contributed by atoms with Gasteiger partial charge in [-0.15, -0.1) is 11.8 Å². The molecule has 1 aliphatic heterocycles. The molecule has 0 bridgehead atoms. The predicted octanol–water partition coefficient (Wildman–Crippen LogP) is 3.94. The molecule has 2 aromatic rings. The number of carbonyl (C=O) groups is 2. The topological polar surface area (TPSA) is 57.6 Å². The first-order valence-electron chi connectivity index (χ1n) is 8.86. The first-order valence-corrected chi connectivity index (χ1v) is 9.74. The van der Waals surface area contributed by atoms with Crippen LogP contribution in [0, 0.1) is 0 Å². The van der Waals surface area contributed by atoms with Crippen LogP contribution in [0.15, 0.2) is 53.4 Å². The second-order valence-corrected chi connectivity index (χ2v) is 8.58. The van der Waals surface area contributed by atoms with Gasteiger partial charge in [0.05, 0.1) is 5.56 Å². The van der Waals surface area contributed by atoms with Crippen molar-refractivity contribution in [2.75, 3.05) is 6.54 Å². The fourth-order valence-corrected chi connectivity index (χ4v) is 4.69. The quantitative estimate of drug-likeness (QED) is 0.832. The van der Waals surface area contributed by atoms with E-state index in [1.807, 2.05) is 29.2 Å². The van der Waals surface area contributed by atoms with E-state index in [0.717, 1.165) is 24.3 Å². The molecule has 1 heterocycles. The summed E-state index contributed by atoms with van der Waals surface area (Å²) in [6, 6.07) is 15.7. The number of carboxylic acid groups (broad SMARTS) is 1. The highest BCUT2D eigenvalue weighted by Crippen LogP contribution is 2.52. The van der Waals surface area contributed by atoms with Crippen LogP contribution in [0.3, 0.4) is 0 Å². The monoisotopic (exact) mass is 367 g/mol. The minimum Gasteiger partial charge on any atom is -0.480 e. The molecule has 1 unspecified atom stereocenters. The SMILES string of the molecule is CC(Sc1ccccc1C(=O)N1Cc2ccccc2C2(CC2)C1)C(=O)O. The molecule has 26 heavy (non-hydrogen) atoms. The van der Waals surface area contributed by atoms with Crippen molar-refractivity contribution in [1.29, 1.82) is 0 Å². The van der Waals surface area contributed by atoms with E-state index < -0.39 is 11.2 Å². The number of hydrogen-bond donors (Lipinski definition) is 1. The van der Waals surface area contributed by atoms with E-state index in [2.05, 4.69) is 18.2 Å². The van der Waals surface area contributed by atoms with Gasteiger partial charge in [-0.05, 0) is 43.0 Å². The maximum absolute atomic E-state index is 13.3. The molecule has 4 rings (SSSR count). The molecule has 0 saturated heterocycles. The van der Waals surface area contributed by atoms with Crippen LogP contribution in [0.1, 0.15) is 41.3 Å². The molecule has 134 valence electrons. The Morgan fingerprint density at radius 1 is 1.12 bits per heavy atom. The van der Waals surface area contributed by atoms with Gasteiger partial charge in [0.2, 0.25) is 0 Å². The highest BCUT2D eigenvalue weighted by Gasteiger charge is 2.49. The number of benzene rings is 2. The van der Waals surface area contributed by atoms with Gasteiger partial charge < -0.3 is 10.0 Å². The third kappa shape index (κ3) is 3.01. The van der Waals surface area contributed by atoms with E-state index in [-0.39, 0.29) is 11.3 Å². The fraction of sp³-hybridized carbons (Fsp3) is 0.333. The summed E-state index contributed by atoms with van der Waals surface area (Å²) in [7, 11) is 0. The number of nitrogens with zero attached hydrogens (tertiary/aromatic N) is 1. The van der Waals surface area contributed by atoms with Gasteiger partial charge in [-0.1, -0.05) is 36.4 Å². The third-order valence-corrected chi connectivity index (χ3v) is 6.52. The Bertz CT molecular complexity index is 875. The first-order chi connectivity index (χ1) is 12.5. The molecule has 4 nitrogen and oxygen atoms in total. The number of rotatable bonds is 4. The predicted molar refractivity (Wildman–Crippen MR) is 101 cm³/mol. The molecule has 0 aromatic heterocycles. The van der Waals surface area contributed by atoms with E-state index >= 15 is 0 Å². The van der Waals surface area contributed by atoms with Crippen LogP contribution in [0.2, 0.25) is 0 Å². The van der Waals surface area contributed by atoms with Crippen molar-refractivity contribution in [3.8, 4) is 0 Å². The second-order valence-electron chi connectivity index (χ2n) is 7.19. The molecule has 2 aromatic carbocycles. The lowest BCUT2D eigenvalue weighted by Gasteiger charge is -2.35. The second kappa shape index (κ2) is 6.47. The molecule has 2 aliphatic rings. The number of carboxylic acids is 1. The number of hydrogen-bond acceptors (Lipinski definition) is 3. The summed E-state index contributed by atoms with van der Waals surface area (Å²) in [6.45, 7) is 3.01. The van der Waals surface area contributed by atoms with Crippen molar-refractivity contribution in [1.82, 2.24) is 4.90 Å². The van der Waals surface area contributed by atoms with Crippen molar-refractivity contribution in [2.24, 2.45) is 0 Å². The number of fused-ring (bicyclic) bond motifs is 2. The van der Waals surface area contributed by atoms with Crippen LogP contribution < -0.4 is 0 Å². The van der Waals surface area contributed by atoms with Crippen molar-refractivity contribution in [3.63, 3.8) is 0 Å². The molecule has 1 spiro atoms. The highest BCUT2D eigenvalue weighted by atomic mass is 32.2. The molecule has 1 aliphatic carbocycles. The van der Waals surface area contributed by atoms with Crippen LogP contribution in [0.5, 0.6) is 0 Å². The molecule has 5 heteroatoms. The zero-order valence-electron chi connectivity index (χ0n) is 14.6. The van der Waals surface area contributed by atoms with Gasteiger partial charge in [-0.25, -0.2) is 0 Å². The van der Waals surface area contributed by atoms with E-state index in [1.165, 1.54) is 22.9 Å². The first kappa shape index (κ1) is 17.2. The fourth-order valence-electron chi connectivity index (χ4n) is 3.77. The average molecular weight is 367 g/mol. The molecule has 1 atom stereocenters. The number of aliphatic carboxylic acids is 1. The van der Waals surface area contributed by atoms with Gasteiger partial charge in [-0.2, -0.15) is 0 Å². The van der Waals surface area contributed by atoms with E-state index in [1.54, 1.807) is 13.0 Å². The molecule has 1 amide bonds. The summed E-state index contributed by atoms with van der Waals surface area (Å²) in [5.41, 5.74) is 3.35. The van der Waals surface area contributed by atoms with Crippen LogP contribution in [-0.2, 0) is 16.8 Å². The molecule has 1 N–H and O–H groups in total. The number of thioether (sulfide) groups is 1. The summed E-state index contributed by atoms with van der Waals surface area (Å²) in [5, 5.41) is 8.59. The van der Waals surface area contributed by atoms with Crippen molar-refractivity contribution in [2.45, 2.75) is 41.9 Å². The van der Waals surface area contributed by atoms with Crippen LogP contribution in [-0.4, -0.2) is 33.7 Å². The van der Waals surface area contributed by atoms with Gasteiger partial charge in [-0.3, -0.25) is 9.59 Å². The van der Waals surface area contributed by atoms with Crippen molar-refractivity contribution < 1.29 is 14.7 Å². The largest absolute Gasteiger partial charge is 0.480 e. The lowest BCUT2D eigenvalue weighted by Crippen LogP contribution is -2.41. The standard InChI is InChI=1S/C21H21NO3S/c1-14(20(24)25)26-18-9-5-3-7-16(18)19(23)22-12-15-6-2-4-8-17(15)21(13-22)10-11-21/h2-9,14H,10-13H2,1H3,(H,24,25). The van der Waals surface area contributed by atoms with E-state index in [4.69, 9.17) is 0 Å². The Morgan fingerprint density at radius 3 is 2.54 bits per heavy atom. The maximum atomic E-state index is 13.3. The minimum absolute atomic E-state index is 0.00790. The zero-order chi connectivity index (χ0) is 18.3. The maximum Gasteiger partial charge on any atom is 0.316 e. The summed E-state index contributed by atoms with van der Waals surface area (Å²) < 4.78 is 0.